The molecule has 0 fully saturated rings. The maximum Gasteiger partial charge on any atom is 0.0640 e. The zero-order valence-electron chi connectivity index (χ0n) is 31.8. The van der Waals surface area contributed by atoms with Crippen molar-refractivity contribution in [3.05, 3.63) is 231 Å². The molecule has 2 nitrogen and oxygen atoms in total. The van der Waals surface area contributed by atoms with Crippen molar-refractivity contribution in [2.24, 2.45) is 0 Å². The fourth-order valence-electron chi connectivity index (χ4n) is 8.81. The Bertz CT molecular complexity index is 3250. The first-order valence-corrected chi connectivity index (χ1v) is 19.9. The van der Waals surface area contributed by atoms with Crippen LogP contribution in [0.1, 0.15) is 0 Å². The van der Waals surface area contributed by atoms with Crippen molar-refractivity contribution in [2.45, 2.75) is 0 Å². The summed E-state index contributed by atoms with van der Waals surface area (Å²) in [6.07, 6.45) is 0. The molecule has 58 heavy (non-hydrogen) atoms. The number of para-hydroxylation sites is 2. The maximum absolute atomic E-state index is 2.49. The average Bonchev–Trinajstić information content (AvgIpc) is 3.65. The predicted octanol–water partition coefficient (Wildman–Crippen LogP) is 15.6. The zero-order chi connectivity index (χ0) is 38.4. The molecule has 0 unspecified atom stereocenters. The Labute approximate surface area is 338 Å². The van der Waals surface area contributed by atoms with E-state index in [0.717, 1.165) is 22.7 Å². The second kappa shape index (κ2) is 14.1. The van der Waals surface area contributed by atoms with E-state index in [-0.39, 0.29) is 0 Å². The second-order valence-electron chi connectivity index (χ2n) is 14.9. The number of rotatable bonds is 7. The summed E-state index contributed by atoms with van der Waals surface area (Å²) in [6, 6.07) is 83.8. The van der Waals surface area contributed by atoms with Crippen LogP contribution in [0.2, 0.25) is 0 Å². The van der Waals surface area contributed by atoms with Crippen LogP contribution < -0.4 is 4.90 Å². The number of anilines is 3. The standard InChI is InChI=1S/C56H38N2/c1-4-16-39(17-5-1)41-30-33-48(34-31-41)57(52-27-15-14-25-49(52)42-19-6-2-7-20-42)54-38-46-22-12-13-26-50(46)56-55(54)51-37-45(44-29-28-40-18-10-11-21-43(40)36-44)32-35-53(51)58(56)47-23-8-3-9-24-47/h1-38H. The molecule has 0 spiro atoms. The minimum Gasteiger partial charge on any atom is -0.309 e. The van der Waals surface area contributed by atoms with Crippen molar-refractivity contribution in [1.82, 2.24) is 4.57 Å². The molecular formula is C56H38N2. The monoisotopic (exact) mass is 738 g/mol. The second-order valence-corrected chi connectivity index (χ2v) is 14.9. The van der Waals surface area contributed by atoms with Crippen LogP contribution in [0.5, 0.6) is 0 Å². The van der Waals surface area contributed by atoms with E-state index >= 15 is 0 Å². The maximum atomic E-state index is 2.49. The summed E-state index contributed by atoms with van der Waals surface area (Å²) in [6.45, 7) is 0. The van der Waals surface area contributed by atoms with Gasteiger partial charge in [0.15, 0.2) is 0 Å². The molecule has 2 heteroatoms. The molecule has 11 aromatic rings. The molecule has 0 saturated heterocycles. The van der Waals surface area contributed by atoms with Gasteiger partial charge in [-0.25, -0.2) is 0 Å². The summed E-state index contributed by atoms with van der Waals surface area (Å²) in [5.74, 6) is 0. The Hall–Kier alpha value is -7.68. The molecule has 0 aliphatic carbocycles. The van der Waals surface area contributed by atoms with Gasteiger partial charge in [-0.05, 0) is 98.6 Å². The van der Waals surface area contributed by atoms with Crippen LogP contribution in [0, 0.1) is 0 Å². The fourth-order valence-corrected chi connectivity index (χ4v) is 8.81. The largest absolute Gasteiger partial charge is 0.309 e. The van der Waals surface area contributed by atoms with E-state index in [2.05, 4.69) is 240 Å². The number of hydrogen-bond donors (Lipinski definition) is 0. The molecule has 0 N–H and O–H groups in total. The first-order valence-electron chi connectivity index (χ1n) is 19.9. The predicted molar refractivity (Wildman–Crippen MR) is 247 cm³/mol. The van der Waals surface area contributed by atoms with Gasteiger partial charge in [0.1, 0.15) is 0 Å². The lowest BCUT2D eigenvalue weighted by atomic mass is 9.97. The fraction of sp³-hybridized carbons (Fsp3) is 0. The lowest BCUT2D eigenvalue weighted by Gasteiger charge is -2.29. The third-order valence-corrected chi connectivity index (χ3v) is 11.5. The summed E-state index contributed by atoms with van der Waals surface area (Å²) in [4.78, 5) is 2.49. The highest BCUT2D eigenvalue weighted by Crippen LogP contribution is 2.49. The van der Waals surface area contributed by atoms with Crippen LogP contribution in [-0.4, -0.2) is 4.57 Å². The normalized spacial score (nSPS) is 11.4. The summed E-state index contributed by atoms with van der Waals surface area (Å²) < 4.78 is 2.47. The first kappa shape index (κ1) is 33.6. The van der Waals surface area contributed by atoms with Crippen LogP contribution in [-0.2, 0) is 0 Å². The van der Waals surface area contributed by atoms with Gasteiger partial charge in [-0.15, -0.1) is 0 Å². The molecule has 10 aromatic carbocycles. The molecule has 0 aliphatic rings. The summed E-state index contributed by atoms with van der Waals surface area (Å²) in [5.41, 5.74) is 13.9. The SMILES string of the molecule is c1ccc(-c2ccc(N(c3ccccc3-c3ccccc3)c3cc4ccccc4c4c3c3cc(-c5ccc6ccccc6c5)ccc3n4-c3ccccc3)cc2)cc1. The molecule has 0 radical (unpaired) electrons. The summed E-state index contributed by atoms with van der Waals surface area (Å²) in [5, 5.41) is 7.28. The van der Waals surface area contributed by atoms with Crippen LogP contribution in [0.4, 0.5) is 17.1 Å². The molecule has 1 heterocycles. The van der Waals surface area contributed by atoms with Gasteiger partial charge in [0.25, 0.3) is 0 Å². The molecule has 0 atom stereocenters. The third kappa shape index (κ3) is 5.74. The molecule has 272 valence electrons. The van der Waals surface area contributed by atoms with Crippen LogP contribution in [0.15, 0.2) is 231 Å². The number of aromatic nitrogens is 1. The van der Waals surface area contributed by atoms with Gasteiger partial charge in [0, 0.05) is 33.1 Å². The highest BCUT2D eigenvalue weighted by atomic mass is 15.2. The molecule has 0 bridgehead atoms. The van der Waals surface area contributed by atoms with E-state index in [4.69, 9.17) is 0 Å². The van der Waals surface area contributed by atoms with E-state index in [0.29, 0.717) is 0 Å². The summed E-state index contributed by atoms with van der Waals surface area (Å²) in [7, 11) is 0. The first-order chi connectivity index (χ1) is 28.8. The van der Waals surface area contributed by atoms with Crippen LogP contribution in [0.3, 0.4) is 0 Å². The quantitative estimate of drug-likeness (QED) is 0.158. The lowest BCUT2D eigenvalue weighted by Crippen LogP contribution is -2.12. The average molecular weight is 739 g/mol. The molecule has 0 amide bonds. The third-order valence-electron chi connectivity index (χ3n) is 11.5. The number of benzene rings is 10. The molecule has 1 aromatic heterocycles. The number of nitrogens with zero attached hydrogens (tertiary/aromatic N) is 2. The lowest BCUT2D eigenvalue weighted by molar-refractivity contribution is 1.19. The van der Waals surface area contributed by atoms with Gasteiger partial charge in [-0.3, -0.25) is 0 Å². The minimum absolute atomic E-state index is 1.09. The smallest absolute Gasteiger partial charge is 0.0640 e. The van der Waals surface area contributed by atoms with Gasteiger partial charge < -0.3 is 9.47 Å². The highest BCUT2D eigenvalue weighted by molar-refractivity contribution is 6.25. The van der Waals surface area contributed by atoms with Crippen LogP contribution >= 0.6 is 0 Å². The van der Waals surface area contributed by atoms with E-state index in [1.165, 1.54) is 76.7 Å². The minimum atomic E-state index is 1.09. The van der Waals surface area contributed by atoms with Gasteiger partial charge in [0.05, 0.1) is 22.4 Å². The van der Waals surface area contributed by atoms with Gasteiger partial charge in [0.2, 0.25) is 0 Å². The van der Waals surface area contributed by atoms with E-state index < -0.39 is 0 Å². The van der Waals surface area contributed by atoms with Crippen molar-refractivity contribution >= 4 is 60.4 Å². The highest BCUT2D eigenvalue weighted by Gasteiger charge is 2.25. The summed E-state index contributed by atoms with van der Waals surface area (Å²) >= 11 is 0. The van der Waals surface area contributed by atoms with E-state index in [1.807, 2.05) is 0 Å². The van der Waals surface area contributed by atoms with E-state index in [9.17, 15) is 0 Å². The molecule has 0 saturated carbocycles. The van der Waals surface area contributed by atoms with Crippen molar-refractivity contribution in [2.75, 3.05) is 4.90 Å². The molecular weight excluding hydrogens is 701 g/mol. The Morgan fingerprint density at radius 3 is 1.67 bits per heavy atom. The van der Waals surface area contributed by atoms with Crippen molar-refractivity contribution in [3.8, 4) is 39.1 Å². The Balaban J connectivity index is 1.26. The number of hydrogen-bond acceptors (Lipinski definition) is 1. The topological polar surface area (TPSA) is 8.17 Å². The van der Waals surface area contributed by atoms with Crippen molar-refractivity contribution < 1.29 is 0 Å². The van der Waals surface area contributed by atoms with E-state index in [1.54, 1.807) is 0 Å². The van der Waals surface area contributed by atoms with Gasteiger partial charge in [-0.1, -0.05) is 176 Å². The molecule has 0 aliphatic heterocycles. The Kier molecular flexibility index (Phi) is 8.19. The Morgan fingerprint density at radius 2 is 0.897 bits per heavy atom. The number of fused-ring (bicyclic) bond motifs is 6. The van der Waals surface area contributed by atoms with Crippen molar-refractivity contribution in [3.63, 3.8) is 0 Å². The van der Waals surface area contributed by atoms with Gasteiger partial charge in [-0.2, -0.15) is 0 Å². The van der Waals surface area contributed by atoms with Crippen LogP contribution in [0.25, 0.3) is 82.4 Å². The van der Waals surface area contributed by atoms with Crippen molar-refractivity contribution in [1.29, 1.82) is 0 Å². The zero-order valence-corrected chi connectivity index (χ0v) is 31.8. The van der Waals surface area contributed by atoms with Gasteiger partial charge >= 0.3 is 0 Å². The Morgan fingerprint density at radius 1 is 0.328 bits per heavy atom. The molecule has 11 rings (SSSR count).